The highest BCUT2D eigenvalue weighted by Crippen LogP contribution is 2.45. The predicted molar refractivity (Wildman–Crippen MR) is 74.4 cm³/mol. The maximum atomic E-state index is 11.7. The molecule has 2 heterocycles. The lowest BCUT2D eigenvalue weighted by atomic mass is 9.99. The lowest BCUT2D eigenvalue weighted by molar-refractivity contribution is -0.145. The lowest BCUT2D eigenvalue weighted by Gasteiger charge is -2.25. The fraction of sp³-hybridized carbons (Fsp3) is 0.267. The molecule has 1 aromatic carbocycles. The largest absolute Gasteiger partial charge is 0.484 e. The van der Waals surface area contributed by atoms with Crippen molar-refractivity contribution in [3.8, 4) is 16.9 Å². The van der Waals surface area contributed by atoms with Gasteiger partial charge in [0.2, 0.25) is 0 Å². The second-order valence-corrected chi connectivity index (χ2v) is 5.26. The molecule has 0 saturated heterocycles. The molecule has 0 fully saturated rings. The Morgan fingerprint density at radius 2 is 2.16 bits per heavy atom. The van der Waals surface area contributed by atoms with Gasteiger partial charge in [0.05, 0.1) is 17.9 Å². The number of benzene rings is 1. The normalized spacial score (nSPS) is 16.2. The molecule has 0 aliphatic carbocycles. The van der Waals surface area contributed by atoms with E-state index in [-0.39, 0.29) is 18.5 Å². The Hall–Kier alpha value is -1.81. The minimum Gasteiger partial charge on any atom is -0.484 e. The van der Waals surface area contributed by atoms with Crippen molar-refractivity contribution in [1.29, 1.82) is 0 Å². The van der Waals surface area contributed by atoms with E-state index in [0.29, 0.717) is 6.61 Å². The van der Waals surface area contributed by atoms with Crippen LogP contribution in [0.4, 0.5) is 0 Å². The van der Waals surface area contributed by atoms with Gasteiger partial charge in [0.25, 0.3) is 0 Å². The summed E-state index contributed by atoms with van der Waals surface area (Å²) in [6, 6.07) is 10.0. The van der Waals surface area contributed by atoms with E-state index < -0.39 is 0 Å². The van der Waals surface area contributed by atoms with Crippen molar-refractivity contribution in [2.24, 2.45) is 0 Å². The summed E-state index contributed by atoms with van der Waals surface area (Å²) in [6.07, 6.45) is 0.0272. The highest BCUT2D eigenvalue weighted by atomic mass is 32.1. The summed E-state index contributed by atoms with van der Waals surface area (Å²) >= 11 is 1.62. The molecule has 0 N–H and O–H groups in total. The molecule has 3 nitrogen and oxygen atoms in total. The zero-order valence-corrected chi connectivity index (χ0v) is 11.4. The second-order valence-electron chi connectivity index (χ2n) is 4.31. The molecule has 1 aromatic heterocycles. The van der Waals surface area contributed by atoms with Crippen LogP contribution >= 0.6 is 11.3 Å². The van der Waals surface area contributed by atoms with Gasteiger partial charge in [-0.05, 0) is 24.4 Å². The van der Waals surface area contributed by atoms with Gasteiger partial charge < -0.3 is 9.47 Å². The van der Waals surface area contributed by atoms with Gasteiger partial charge in [0.15, 0.2) is 0 Å². The lowest BCUT2D eigenvalue weighted by Crippen LogP contribution is -2.17. The minimum absolute atomic E-state index is 0.216. The molecule has 1 aliphatic heterocycles. The molecular formula is C15H14O3S. The third kappa shape index (κ3) is 2.24. The molecule has 4 heteroatoms. The SMILES string of the molecule is CCOC(=O)CC1Oc2ccccc2-c2ccsc21. The molecule has 2 aromatic rings. The molecular weight excluding hydrogens is 260 g/mol. The Morgan fingerprint density at radius 1 is 1.32 bits per heavy atom. The van der Waals surface area contributed by atoms with E-state index in [1.807, 2.05) is 36.6 Å². The number of ether oxygens (including phenoxy) is 2. The van der Waals surface area contributed by atoms with E-state index in [2.05, 4.69) is 6.07 Å². The number of hydrogen-bond acceptors (Lipinski definition) is 4. The topological polar surface area (TPSA) is 35.5 Å². The number of carbonyl (C=O) groups excluding carboxylic acids is 1. The Bertz CT molecular complexity index is 603. The molecule has 98 valence electrons. The molecule has 1 atom stereocenters. The number of thiophene rings is 1. The summed E-state index contributed by atoms with van der Waals surface area (Å²) in [5, 5.41) is 2.04. The number of rotatable bonds is 3. The molecule has 19 heavy (non-hydrogen) atoms. The number of carbonyl (C=O) groups is 1. The third-order valence-corrected chi connectivity index (χ3v) is 4.10. The Labute approximate surface area is 115 Å². The van der Waals surface area contributed by atoms with Crippen LogP contribution in [0.15, 0.2) is 35.7 Å². The Kier molecular flexibility index (Phi) is 3.25. The first kappa shape index (κ1) is 12.2. The highest BCUT2D eigenvalue weighted by Gasteiger charge is 2.29. The maximum Gasteiger partial charge on any atom is 0.309 e. The van der Waals surface area contributed by atoms with Gasteiger partial charge in [-0.2, -0.15) is 0 Å². The summed E-state index contributed by atoms with van der Waals surface area (Å²) in [7, 11) is 0. The summed E-state index contributed by atoms with van der Waals surface area (Å²) in [6.45, 7) is 2.21. The van der Waals surface area contributed by atoms with Gasteiger partial charge in [-0.3, -0.25) is 4.79 Å². The van der Waals surface area contributed by atoms with Crippen molar-refractivity contribution in [3.63, 3.8) is 0 Å². The summed E-state index contributed by atoms with van der Waals surface area (Å²) < 4.78 is 11.0. The summed E-state index contributed by atoms with van der Waals surface area (Å²) in [5.41, 5.74) is 2.26. The molecule has 0 radical (unpaired) electrons. The average molecular weight is 274 g/mol. The van der Waals surface area contributed by atoms with Crippen LogP contribution < -0.4 is 4.74 Å². The molecule has 0 spiro atoms. The average Bonchev–Trinajstić information content (AvgIpc) is 2.89. The molecule has 0 amide bonds. The van der Waals surface area contributed by atoms with Gasteiger partial charge in [-0.1, -0.05) is 18.2 Å². The van der Waals surface area contributed by atoms with Gasteiger partial charge in [-0.15, -0.1) is 11.3 Å². The van der Waals surface area contributed by atoms with Crippen molar-refractivity contribution in [1.82, 2.24) is 0 Å². The van der Waals surface area contributed by atoms with Crippen LogP contribution in [0.1, 0.15) is 24.3 Å². The number of para-hydroxylation sites is 1. The van der Waals surface area contributed by atoms with Gasteiger partial charge in [-0.25, -0.2) is 0 Å². The van der Waals surface area contributed by atoms with Crippen molar-refractivity contribution in [3.05, 3.63) is 40.6 Å². The van der Waals surface area contributed by atoms with Crippen LogP contribution in [-0.2, 0) is 9.53 Å². The van der Waals surface area contributed by atoms with Crippen LogP contribution in [0, 0.1) is 0 Å². The van der Waals surface area contributed by atoms with Gasteiger partial charge in [0.1, 0.15) is 11.9 Å². The minimum atomic E-state index is -0.232. The Morgan fingerprint density at radius 3 is 3.00 bits per heavy atom. The van der Waals surface area contributed by atoms with Crippen molar-refractivity contribution < 1.29 is 14.3 Å². The maximum absolute atomic E-state index is 11.7. The number of esters is 1. The van der Waals surface area contributed by atoms with Crippen LogP contribution in [0.3, 0.4) is 0 Å². The van der Waals surface area contributed by atoms with E-state index in [0.717, 1.165) is 16.2 Å². The molecule has 0 bridgehead atoms. The first-order chi connectivity index (χ1) is 9.29. The van der Waals surface area contributed by atoms with E-state index in [9.17, 15) is 4.79 Å². The van der Waals surface area contributed by atoms with Gasteiger partial charge in [0, 0.05) is 11.1 Å². The summed E-state index contributed by atoms with van der Waals surface area (Å²) in [5.74, 6) is 0.619. The molecule has 1 unspecified atom stereocenters. The second kappa shape index (κ2) is 5.05. The number of fused-ring (bicyclic) bond motifs is 3. The van der Waals surface area contributed by atoms with E-state index in [1.165, 1.54) is 5.56 Å². The zero-order valence-electron chi connectivity index (χ0n) is 10.6. The summed E-state index contributed by atoms with van der Waals surface area (Å²) in [4.78, 5) is 12.8. The Balaban J connectivity index is 1.93. The monoisotopic (exact) mass is 274 g/mol. The van der Waals surface area contributed by atoms with Crippen molar-refractivity contribution in [2.75, 3.05) is 6.61 Å². The standard InChI is InChI=1S/C15H14O3S/c1-2-17-14(16)9-13-15-11(7-8-19-15)10-5-3-4-6-12(10)18-13/h3-8,13H,2,9H2,1H3. The first-order valence-electron chi connectivity index (χ1n) is 6.28. The molecule has 0 saturated carbocycles. The zero-order chi connectivity index (χ0) is 13.2. The third-order valence-electron chi connectivity index (χ3n) is 3.09. The molecule has 3 rings (SSSR count). The van der Waals surface area contributed by atoms with Crippen molar-refractivity contribution >= 4 is 17.3 Å². The quantitative estimate of drug-likeness (QED) is 0.799. The van der Waals surface area contributed by atoms with Gasteiger partial charge >= 0.3 is 5.97 Å². The predicted octanol–water partition coefficient (Wildman–Crippen LogP) is 3.80. The fourth-order valence-electron chi connectivity index (χ4n) is 2.30. The fourth-order valence-corrected chi connectivity index (χ4v) is 3.24. The highest BCUT2D eigenvalue weighted by molar-refractivity contribution is 7.10. The smallest absolute Gasteiger partial charge is 0.309 e. The van der Waals surface area contributed by atoms with E-state index >= 15 is 0 Å². The first-order valence-corrected chi connectivity index (χ1v) is 7.16. The van der Waals surface area contributed by atoms with Crippen LogP contribution in [0.25, 0.3) is 11.1 Å². The molecule has 1 aliphatic rings. The van der Waals surface area contributed by atoms with E-state index in [4.69, 9.17) is 9.47 Å². The van der Waals surface area contributed by atoms with Crippen LogP contribution in [0.2, 0.25) is 0 Å². The van der Waals surface area contributed by atoms with Crippen LogP contribution in [0.5, 0.6) is 5.75 Å². The van der Waals surface area contributed by atoms with E-state index in [1.54, 1.807) is 11.3 Å². The number of hydrogen-bond donors (Lipinski definition) is 0. The van der Waals surface area contributed by atoms with Crippen LogP contribution in [-0.4, -0.2) is 12.6 Å². The van der Waals surface area contributed by atoms with Crippen molar-refractivity contribution in [2.45, 2.75) is 19.4 Å².